The predicted molar refractivity (Wildman–Crippen MR) is 86.4 cm³/mol. The minimum Gasteiger partial charge on any atom is -0.494 e. The lowest BCUT2D eigenvalue weighted by atomic mass is 9.97. The number of hydrogen-bond donors (Lipinski definition) is 2. The van der Waals surface area contributed by atoms with Gasteiger partial charge in [0.1, 0.15) is 5.75 Å². The molecule has 0 fully saturated rings. The molecule has 1 atom stereocenters. The van der Waals surface area contributed by atoms with Gasteiger partial charge in [-0.1, -0.05) is 19.1 Å². The summed E-state index contributed by atoms with van der Waals surface area (Å²) in [7, 11) is 0. The molecule has 0 aliphatic heterocycles. The molecule has 0 bridgehead atoms. The molecule has 3 N–H and O–H groups in total. The summed E-state index contributed by atoms with van der Waals surface area (Å²) in [4.78, 5) is 12.2. The monoisotopic (exact) mass is 292 g/mol. The number of carbonyl (C=O) groups excluding carboxylic acids is 1. The Kier molecular flexibility index (Phi) is 6.69. The molecule has 0 heterocycles. The lowest BCUT2D eigenvalue weighted by molar-refractivity contribution is -0.126. The topological polar surface area (TPSA) is 64.3 Å². The van der Waals surface area contributed by atoms with E-state index < -0.39 is 0 Å². The Labute approximate surface area is 128 Å². The molecule has 0 aliphatic carbocycles. The Morgan fingerprint density at radius 3 is 2.67 bits per heavy atom. The Morgan fingerprint density at radius 1 is 1.38 bits per heavy atom. The molecule has 1 amide bonds. The largest absolute Gasteiger partial charge is 0.494 e. The van der Waals surface area contributed by atoms with Gasteiger partial charge in [-0.15, -0.1) is 0 Å². The highest BCUT2D eigenvalue weighted by molar-refractivity contribution is 5.79. The molecule has 0 aromatic heterocycles. The van der Waals surface area contributed by atoms with Crippen molar-refractivity contribution in [1.29, 1.82) is 0 Å². The van der Waals surface area contributed by atoms with E-state index in [-0.39, 0.29) is 17.4 Å². The number of ether oxygens (including phenoxy) is 1. The Bertz CT molecular complexity index is 452. The lowest BCUT2D eigenvalue weighted by Gasteiger charge is -2.24. The average molecular weight is 292 g/mol. The van der Waals surface area contributed by atoms with E-state index in [0.717, 1.165) is 17.7 Å². The van der Waals surface area contributed by atoms with E-state index in [4.69, 9.17) is 10.5 Å². The quantitative estimate of drug-likeness (QED) is 0.811. The normalized spacial score (nSPS) is 12.8. The van der Waals surface area contributed by atoms with Crippen LogP contribution in [0.4, 0.5) is 0 Å². The third kappa shape index (κ3) is 6.63. The van der Waals surface area contributed by atoms with Crippen molar-refractivity contribution in [3.8, 4) is 5.75 Å². The van der Waals surface area contributed by atoms with Gasteiger partial charge in [-0.25, -0.2) is 0 Å². The van der Waals surface area contributed by atoms with Crippen molar-refractivity contribution in [1.82, 2.24) is 5.32 Å². The summed E-state index contributed by atoms with van der Waals surface area (Å²) in [6, 6.07) is 7.88. The summed E-state index contributed by atoms with van der Waals surface area (Å²) in [5.74, 6) is 0.636. The van der Waals surface area contributed by atoms with Crippen LogP contribution in [0, 0.1) is 5.92 Å². The van der Waals surface area contributed by atoms with E-state index in [1.165, 1.54) is 0 Å². The molecule has 1 unspecified atom stereocenters. The van der Waals surface area contributed by atoms with Gasteiger partial charge in [0.2, 0.25) is 5.91 Å². The molecule has 0 saturated carbocycles. The van der Waals surface area contributed by atoms with Crippen molar-refractivity contribution in [2.24, 2.45) is 11.7 Å². The molecular formula is C17H28N2O2. The van der Waals surface area contributed by atoms with Gasteiger partial charge in [0.05, 0.1) is 12.5 Å². The summed E-state index contributed by atoms with van der Waals surface area (Å²) in [6.45, 7) is 9.02. The number of carbonyl (C=O) groups is 1. The van der Waals surface area contributed by atoms with Crippen molar-refractivity contribution in [3.05, 3.63) is 29.8 Å². The first kappa shape index (κ1) is 17.5. The van der Waals surface area contributed by atoms with E-state index in [9.17, 15) is 4.79 Å². The zero-order valence-electron chi connectivity index (χ0n) is 13.6. The van der Waals surface area contributed by atoms with Crippen LogP contribution < -0.4 is 15.8 Å². The fourth-order valence-corrected chi connectivity index (χ4v) is 2.02. The molecule has 1 rings (SSSR count). The van der Waals surface area contributed by atoms with Crippen LogP contribution in [-0.4, -0.2) is 24.6 Å². The van der Waals surface area contributed by atoms with Crippen LogP contribution in [0.2, 0.25) is 0 Å². The van der Waals surface area contributed by atoms with Gasteiger partial charge >= 0.3 is 0 Å². The summed E-state index contributed by atoms with van der Waals surface area (Å²) in [5, 5.41) is 2.99. The highest BCUT2D eigenvalue weighted by atomic mass is 16.5. The van der Waals surface area contributed by atoms with Gasteiger partial charge in [0.25, 0.3) is 0 Å². The van der Waals surface area contributed by atoms with Crippen molar-refractivity contribution >= 4 is 5.91 Å². The molecule has 21 heavy (non-hydrogen) atoms. The van der Waals surface area contributed by atoms with Gasteiger partial charge in [-0.05, 0) is 51.3 Å². The lowest BCUT2D eigenvalue weighted by Crippen LogP contribution is -2.46. The average Bonchev–Trinajstić information content (AvgIpc) is 2.41. The molecule has 1 aromatic rings. The fourth-order valence-electron chi connectivity index (χ4n) is 2.02. The van der Waals surface area contributed by atoms with Crippen molar-refractivity contribution in [2.45, 2.75) is 46.1 Å². The Morgan fingerprint density at radius 2 is 2.10 bits per heavy atom. The zero-order chi connectivity index (χ0) is 15.9. The second-order valence-electron chi connectivity index (χ2n) is 6.37. The predicted octanol–water partition coefficient (Wildman–Crippen LogP) is 2.51. The van der Waals surface area contributed by atoms with Crippen LogP contribution in [0.1, 0.15) is 39.7 Å². The van der Waals surface area contributed by atoms with Crippen molar-refractivity contribution < 1.29 is 9.53 Å². The number of benzene rings is 1. The zero-order valence-corrected chi connectivity index (χ0v) is 13.6. The van der Waals surface area contributed by atoms with Crippen molar-refractivity contribution in [2.75, 3.05) is 13.2 Å². The van der Waals surface area contributed by atoms with E-state index >= 15 is 0 Å². The molecule has 0 radical (unpaired) electrons. The van der Waals surface area contributed by atoms with Crippen molar-refractivity contribution in [3.63, 3.8) is 0 Å². The first-order valence-electron chi connectivity index (χ1n) is 7.59. The van der Waals surface area contributed by atoms with Crippen LogP contribution in [0.3, 0.4) is 0 Å². The second-order valence-corrected chi connectivity index (χ2v) is 6.37. The highest BCUT2D eigenvalue weighted by Gasteiger charge is 2.22. The third-order valence-corrected chi connectivity index (χ3v) is 3.01. The van der Waals surface area contributed by atoms with Gasteiger partial charge in [0, 0.05) is 12.1 Å². The molecule has 1 aromatic carbocycles. The summed E-state index contributed by atoms with van der Waals surface area (Å²) < 4.78 is 5.62. The molecule has 0 saturated heterocycles. The van der Waals surface area contributed by atoms with Gasteiger partial charge in [-0.2, -0.15) is 0 Å². The smallest absolute Gasteiger partial charge is 0.225 e. The minimum absolute atomic E-state index is 0.00452. The summed E-state index contributed by atoms with van der Waals surface area (Å²) >= 11 is 0. The van der Waals surface area contributed by atoms with Gasteiger partial charge < -0.3 is 15.8 Å². The molecular weight excluding hydrogens is 264 g/mol. The number of nitrogens with one attached hydrogen (secondary N) is 1. The van der Waals surface area contributed by atoms with E-state index in [0.29, 0.717) is 19.6 Å². The summed E-state index contributed by atoms with van der Waals surface area (Å²) in [6.07, 6.45) is 1.60. The summed E-state index contributed by atoms with van der Waals surface area (Å²) in [5.41, 5.74) is 6.60. The maximum absolute atomic E-state index is 12.2. The number of rotatable bonds is 7. The number of nitrogens with two attached hydrogens (primary N) is 1. The highest BCUT2D eigenvalue weighted by Crippen LogP contribution is 2.17. The first-order chi connectivity index (χ1) is 9.85. The van der Waals surface area contributed by atoms with E-state index in [1.54, 1.807) is 0 Å². The maximum Gasteiger partial charge on any atom is 0.225 e. The second kappa shape index (κ2) is 8.03. The molecule has 4 heteroatoms. The fraction of sp³-hybridized carbons (Fsp3) is 0.588. The molecule has 4 nitrogen and oxygen atoms in total. The van der Waals surface area contributed by atoms with Gasteiger partial charge in [0.15, 0.2) is 0 Å². The van der Waals surface area contributed by atoms with E-state index in [1.807, 2.05) is 45.0 Å². The number of hydrogen-bond acceptors (Lipinski definition) is 3. The standard InChI is InChI=1S/C17H28N2O2/c1-5-9-21-15-8-6-7-13(11-15)10-14(12-18)16(20)19-17(2,3)4/h6-8,11,14H,5,9-10,12,18H2,1-4H3,(H,19,20). The molecule has 118 valence electrons. The van der Waals surface area contributed by atoms with Crippen LogP contribution >= 0.6 is 0 Å². The SMILES string of the molecule is CCCOc1cccc(CC(CN)C(=O)NC(C)(C)C)c1. The van der Waals surface area contributed by atoms with Crippen LogP contribution in [0.25, 0.3) is 0 Å². The van der Waals surface area contributed by atoms with Crippen LogP contribution in [0.5, 0.6) is 5.75 Å². The molecule has 0 spiro atoms. The Balaban J connectivity index is 2.70. The minimum atomic E-state index is -0.239. The van der Waals surface area contributed by atoms with Crippen LogP contribution in [0.15, 0.2) is 24.3 Å². The number of amides is 1. The van der Waals surface area contributed by atoms with Crippen LogP contribution in [-0.2, 0) is 11.2 Å². The Hall–Kier alpha value is -1.55. The van der Waals surface area contributed by atoms with Gasteiger partial charge in [-0.3, -0.25) is 4.79 Å². The molecule has 0 aliphatic rings. The maximum atomic E-state index is 12.2. The first-order valence-corrected chi connectivity index (χ1v) is 7.59. The van der Waals surface area contributed by atoms with E-state index in [2.05, 4.69) is 12.2 Å². The third-order valence-electron chi connectivity index (χ3n) is 3.01.